The molecule has 0 aliphatic carbocycles. The molecule has 0 amide bonds. The number of hydrogen-bond donors (Lipinski definition) is 0. The van der Waals surface area contributed by atoms with Crippen molar-refractivity contribution >= 4 is 12.1 Å². The van der Waals surface area contributed by atoms with E-state index in [0.29, 0.717) is 6.61 Å². The molecule has 70 valence electrons. The summed E-state index contributed by atoms with van der Waals surface area (Å²) in [6.07, 6.45) is -0.984. The summed E-state index contributed by atoms with van der Waals surface area (Å²) in [6, 6.07) is 0. The minimum atomic E-state index is -0.984. The van der Waals surface area contributed by atoms with Crippen LogP contribution in [0.2, 0.25) is 0 Å². The molecule has 0 radical (unpaired) electrons. The number of esters is 1. The van der Waals surface area contributed by atoms with E-state index in [1.807, 2.05) is 0 Å². The van der Waals surface area contributed by atoms with E-state index in [2.05, 4.69) is 9.47 Å². The zero-order valence-electron chi connectivity index (χ0n) is 7.16. The van der Waals surface area contributed by atoms with Crippen molar-refractivity contribution in [2.24, 2.45) is 0 Å². The summed E-state index contributed by atoms with van der Waals surface area (Å²) >= 11 is 0. The number of carbonyl (C=O) groups excluding carboxylic acids is 2. The fraction of sp³-hybridized carbons (Fsp3) is 0.714. The van der Waals surface area contributed by atoms with Crippen molar-refractivity contribution in [1.82, 2.24) is 0 Å². The monoisotopic (exact) mass is 176 g/mol. The van der Waals surface area contributed by atoms with Crippen molar-refractivity contribution in [2.75, 3.05) is 19.8 Å². The van der Waals surface area contributed by atoms with Crippen LogP contribution in [0, 0.1) is 0 Å². The third-order valence-corrected chi connectivity index (χ3v) is 0.883. The molecule has 0 unspecified atom stereocenters. The van der Waals surface area contributed by atoms with Gasteiger partial charge in [-0.1, -0.05) is 0 Å². The van der Waals surface area contributed by atoms with Crippen LogP contribution in [-0.4, -0.2) is 31.9 Å². The summed E-state index contributed by atoms with van der Waals surface area (Å²) < 4.78 is 13.2. The van der Waals surface area contributed by atoms with Gasteiger partial charge in [-0.15, -0.1) is 0 Å². The normalized spacial score (nSPS) is 9.17. The largest absolute Gasteiger partial charge is 0.516 e. The van der Waals surface area contributed by atoms with Crippen LogP contribution in [0.1, 0.15) is 13.8 Å². The maximum Gasteiger partial charge on any atom is 0.516 e. The second-order valence-corrected chi connectivity index (χ2v) is 1.79. The molecule has 0 aliphatic heterocycles. The van der Waals surface area contributed by atoms with Gasteiger partial charge in [0.1, 0.15) is 6.61 Å². The van der Waals surface area contributed by atoms with Gasteiger partial charge < -0.3 is 14.2 Å². The Morgan fingerprint density at radius 1 is 1.17 bits per heavy atom. The van der Waals surface area contributed by atoms with Gasteiger partial charge >= 0.3 is 12.1 Å². The standard InChI is InChI=1S/C7H12O5/c1-3-10-5-6(8)12-7(9)11-4-2/h3-5H2,1-2H3. The Bertz CT molecular complexity index is 154. The van der Waals surface area contributed by atoms with Crippen molar-refractivity contribution in [1.29, 1.82) is 0 Å². The Balaban J connectivity index is 3.47. The van der Waals surface area contributed by atoms with Gasteiger partial charge in [-0.05, 0) is 13.8 Å². The van der Waals surface area contributed by atoms with Gasteiger partial charge in [-0.3, -0.25) is 0 Å². The molecule has 5 heteroatoms. The molecule has 0 fully saturated rings. The molecule has 0 atom stereocenters. The summed E-state index contributed by atoms with van der Waals surface area (Å²) in [4.78, 5) is 21.1. The third kappa shape index (κ3) is 5.67. The van der Waals surface area contributed by atoms with E-state index < -0.39 is 12.1 Å². The highest BCUT2D eigenvalue weighted by Gasteiger charge is 2.09. The molecule has 0 aromatic rings. The second-order valence-electron chi connectivity index (χ2n) is 1.79. The first kappa shape index (κ1) is 10.9. The van der Waals surface area contributed by atoms with Crippen molar-refractivity contribution in [3.8, 4) is 0 Å². The first-order valence-corrected chi connectivity index (χ1v) is 3.65. The van der Waals surface area contributed by atoms with E-state index in [4.69, 9.17) is 4.74 Å². The summed E-state index contributed by atoms with van der Waals surface area (Å²) in [5.41, 5.74) is 0. The first-order valence-electron chi connectivity index (χ1n) is 3.65. The highest BCUT2D eigenvalue weighted by molar-refractivity contribution is 5.82. The number of hydrogen-bond acceptors (Lipinski definition) is 5. The van der Waals surface area contributed by atoms with Gasteiger partial charge in [0.15, 0.2) is 0 Å². The van der Waals surface area contributed by atoms with Crippen molar-refractivity contribution in [3.05, 3.63) is 0 Å². The number of rotatable bonds is 4. The molecule has 0 saturated heterocycles. The van der Waals surface area contributed by atoms with Crippen LogP contribution >= 0.6 is 0 Å². The zero-order chi connectivity index (χ0) is 9.40. The van der Waals surface area contributed by atoms with Crippen LogP contribution < -0.4 is 0 Å². The number of ether oxygens (including phenoxy) is 3. The fourth-order valence-electron chi connectivity index (χ4n) is 0.455. The summed E-state index contributed by atoms with van der Waals surface area (Å²) in [7, 11) is 0. The van der Waals surface area contributed by atoms with Crippen LogP contribution in [0.25, 0.3) is 0 Å². The minimum Gasteiger partial charge on any atom is -0.434 e. The molecule has 0 spiro atoms. The van der Waals surface area contributed by atoms with Crippen LogP contribution in [-0.2, 0) is 19.0 Å². The van der Waals surface area contributed by atoms with E-state index >= 15 is 0 Å². The van der Waals surface area contributed by atoms with E-state index in [9.17, 15) is 9.59 Å². The van der Waals surface area contributed by atoms with Gasteiger partial charge in [0.2, 0.25) is 0 Å². The summed E-state index contributed by atoms with van der Waals surface area (Å²) in [5, 5.41) is 0. The minimum absolute atomic E-state index is 0.181. The lowest BCUT2D eigenvalue weighted by molar-refractivity contribution is -0.144. The van der Waals surface area contributed by atoms with Crippen LogP contribution in [0.4, 0.5) is 4.79 Å². The van der Waals surface area contributed by atoms with E-state index in [-0.39, 0.29) is 13.2 Å². The predicted molar refractivity (Wildman–Crippen MR) is 39.6 cm³/mol. The maximum atomic E-state index is 10.6. The first-order chi connectivity index (χ1) is 5.70. The van der Waals surface area contributed by atoms with Gasteiger partial charge in [0, 0.05) is 6.61 Å². The van der Waals surface area contributed by atoms with E-state index in [0.717, 1.165) is 0 Å². The molecule has 5 nitrogen and oxygen atoms in total. The van der Waals surface area contributed by atoms with E-state index in [1.54, 1.807) is 13.8 Å². The molecule has 0 aromatic heterocycles. The van der Waals surface area contributed by atoms with Gasteiger partial charge in [-0.25, -0.2) is 9.59 Å². The Morgan fingerprint density at radius 3 is 2.33 bits per heavy atom. The molecule has 0 aliphatic rings. The molecule has 0 rings (SSSR count). The Kier molecular flexibility index (Phi) is 6.00. The summed E-state index contributed by atoms with van der Waals surface area (Å²) in [5.74, 6) is -0.740. The second kappa shape index (κ2) is 6.60. The van der Waals surface area contributed by atoms with Crippen LogP contribution in [0.5, 0.6) is 0 Å². The Morgan fingerprint density at radius 2 is 1.83 bits per heavy atom. The molecular weight excluding hydrogens is 164 g/mol. The molecule has 0 aromatic carbocycles. The SMILES string of the molecule is CCOCC(=O)OC(=O)OCC. The fourth-order valence-corrected chi connectivity index (χ4v) is 0.455. The lowest BCUT2D eigenvalue weighted by Gasteiger charge is -2.01. The van der Waals surface area contributed by atoms with Crippen molar-refractivity contribution in [3.63, 3.8) is 0 Å². The average Bonchev–Trinajstić information content (AvgIpc) is 2.01. The molecule has 0 heterocycles. The van der Waals surface area contributed by atoms with Crippen molar-refractivity contribution in [2.45, 2.75) is 13.8 Å². The Hall–Kier alpha value is -1.10. The predicted octanol–water partition coefficient (Wildman–Crippen LogP) is 0.723. The van der Waals surface area contributed by atoms with Crippen LogP contribution in [0.3, 0.4) is 0 Å². The third-order valence-electron chi connectivity index (χ3n) is 0.883. The molecule has 0 N–H and O–H groups in total. The van der Waals surface area contributed by atoms with Gasteiger partial charge in [0.25, 0.3) is 0 Å². The average molecular weight is 176 g/mol. The quantitative estimate of drug-likeness (QED) is 0.466. The van der Waals surface area contributed by atoms with Gasteiger partial charge in [-0.2, -0.15) is 0 Å². The van der Waals surface area contributed by atoms with Crippen molar-refractivity contribution < 1.29 is 23.8 Å². The molecular formula is C7H12O5. The van der Waals surface area contributed by atoms with Crippen LogP contribution in [0.15, 0.2) is 0 Å². The molecule has 12 heavy (non-hydrogen) atoms. The zero-order valence-corrected chi connectivity index (χ0v) is 7.16. The highest BCUT2D eigenvalue weighted by Crippen LogP contribution is 1.87. The Labute approximate surface area is 70.6 Å². The maximum absolute atomic E-state index is 10.6. The summed E-state index contributed by atoms with van der Waals surface area (Å²) in [6.45, 7) is 3.71. The number of carbonyl (C=O) groups is 2. The lowest BCUT2D eigenvalue weighted by atomic mass is 10.7. The lowest BCUT2D eigenvalue weighted by Crippen LogP contribution is -2.18. The topological polar surface area (TPSA) is 61.8 Å². The van der Waals surface area contributed by atoms with E-state index in [1.165, 1.54) is 0 Å². The van der Waals surface area contributed by atoms with Gasteiger partial charge in [0.05, 0.1) is 6.61 Å². The highest BCUT2D eigenvalue weighted by atomic mass is 16.7. The smallest absolute Gasteiger partial charge is 0.434 e. The molecule has 0 bridgehead atoms. The molecule has 0 saturated carbocycles.